The summed E-state index contributed by atoms with van der Waals surface area (Å²) in [5, 5.41) is 6.12. The lowest BCUT2D eigenvalue weighted by Gasteiger charge is -2.33. The molecule has 5 heteroatoms. The molecule has 2 N–H and O–H groups in total. The molecule has 1 fully saturated rings. The predicted molar refractivity (Wildman–Crippen MR) is 55.2 cm³/mol. The normalized spacial score (nSPS) is 22.3. The largest absolute Gasteiger partial charge is 0.336 e. The molecule has 0 unspecified atom stereocenters. The van der Waals surface area contributed by atoms with Crippen molar-refractivity contribution in [1.82, 2.24) is 15.5 Å². The highest BCUT2D eigenvalue weighted by Crippen LogP contribution is 2.01. The summed E-state index contributed by atoms with van der Waals surface area (Å²) in [5.41, 5.74) is 0. The molecular formula is C8H18ClN3O. The molecule has 1 heterocycles. The van der Waals surface area contributed by atoms with E-state index in [0.29, 0.717) is 12.6 Å². The van der Waals surface area contributed by atoms with E-state index in [1.165, 1.54) is 0 Å². The Morgan fingerprint density at radius 1 is 1.69 bits per heavy atom. The average molecular weight is 208 g/mol. The molecule has 0 aliphatic carbocycles. The fourth-order valence-corrected chi connectivity index (χ4v) is 1.46. The number of rotatable bonds is 2. The zero-order chi connectivity index (χ0) is 8.97. The summed E-state index contributed by atoms with van der Waals surface area (Å²) < 4.78 is 0. The molecule has 1 aliphatic rings. The van der Waals surface area contributed by atoms with Crippen LogP contribution in [0.2, 0.25) is 0 Å². The van der Waals surface area contributed by atoms with Crippen LogP contribution >= 0.6 is 12.4 Å². The molecule has 1 atom stereocenters. The van der Waals surface area contributed by atoms with Crippen LogP contribution in [0.1, 0.15) is 6.92 Å². The zero-order valence-electron chi connectivity index (χ0n) is 8.17. The van der Waals surface area contributed by atoms with E-state index in [4.69, 9.17) is 0 Å². The topological polar surface area (TPSA) is 44.4 Å². The number of likely N-dealkylation sites (N-methyl/N-ethyl adjacent to an activating group) is 1. The van der Waals surface area contributed by atoms with Gasteiger partial charge in [-0.1, -0.05) is 0 Å². The molecule has 4 nitrogen and oxygen atoms in total. The van der Waals surface area contributed by atoms with E-state index < -0.39 is 0 Å². The summed E-state index contributed by atoms with van der Waals surface area (Å²) >= 11 is 0. The van der Waals surface area contributed by atoms with Crippen LogP contribution in [0.4, 0.5) is 0 Å². The van der Waals surface area contributed by atoms with Gasteiger partial charge in [0.15, 0.2) is 0 Å². The Morgan fingerprint density at radius 2 is 2.38 bits per heavy atom. The molecule has 0 radical (unpaired) electrons. The first-order valence-electron chi connectivity index (χ1n) is 4.40. The van der Waals surface area contributed by atoms with E-state index in [9.17, 15) is 4.79 Å². The fourth-order valence-electron chi connectivity index (χ4n) is 1.46. The van der Waals surface area contributed by atoms with E-state index in [0.717, 1.165) is 19.6 Å². The number of piperazine rings is 1. The third kappa shape index (κ3) is 3.50. The second kappa shape index (κ2) is 6.18. The van der Waals surface area contributed by atoms with Gasteiger partial charge in [-0.2, -0.15) is 0 Å². The van der Waals surface area contributed by atoms with Crippen molar-refractivity contribution in [3.8, 4) is 0 Å². The van der Waals surface area contributed by atoms with Crippen molar-refractivity contribution >= 4 is 18.3 Å². The highest BCUT2D eigenvalue weighted by molar-refractivity contribution is 5.85. The SMILES string of the molecule is CNCC(=O)N1CCNC[C@H]1C.Cl. The summed E-state index contributed by atoms with van der Waals surface area (Å²) in [4.78, 5) is 13.4. The summed E-state index contributed by atoms with van der Waals surface area (Å²) in [6.45, 7) is 5.18. The third-order valence-corrected chi connectivity index (χ3v) is 2.15. The molecule has 13 heavy (non-hydrogen) atoms. The van der Waals surface area contributed by atoms with Crippen molar-refractivity contribution < 1.29 is 4.79 Å². The first-order chi connectivity index (χ1) is 5.75. The molecule has 1 saturated heterocycles. The van der Waals surface area contributed by atoms with Crippen molar-refractivity contribution in [2.24, 2.45) is 0 Å². The number of nitrogens with zero attached hydrogens (tertiary/aromatic N) is 1. The van der Waals surface area contributed by atoms with Crippen LogP contribution in [0.15, 0.2) is 0 Å². The maximum absolute atomic E-state index is 11.4. The molecule has 0 spiro atoms. The first kappa shape index (κ1) is 12.7. The number of carbonyl (C=O) groups excluding carboxylic acids is 1. The van der Waals surface area contributed by atoms with E-state index in [-0.39, 0.29) is 18.3 Å². The van der Waals surface area contributed by atoms with Crippen LogP contribution in [0.25, 0.3) is 0 Å². The predicted octanol–water partition coefficient (Wildman–Crippen LogP) is -0.552. The fraction of sp³-hybridized carbons (Fsp3) is 0.875. The van der Waals surface area contributed by atoms with Gasteiger partial charge in [-0.15, -0.1) is 12.4 Å². The van der Waals surface area contributed by atoms with Crippen LogP contribution in [0, 0.1) is 0 Å². The number of hydrogen-bond acceptors (Lipinski definition) is 3. The van der Waals surface area contributed by atoms with Gasteiger partial charge in [0.1, 0.15) is 0 Å². The standard InChI is InChI=1S/C8H17N3O.ClH/c1-7-5-10-3-4-11(7)8(12)6-9-2;/h7,9-10H,3-6H2,1-2H3;1H/t7-;/m1./s1. The summed E-state index contributed by atoms with van der Waals surface area (Å²) in [5.74, 6) is 0.200. The molecule has 0 aromatic rings. The Labute approximate surface area is 85.5 Å². The van der Waals surface area contributed by atoms with Gasteiger partial charge in [0.25, 0.3) is 0 Å². The van der Waals surface area contributed by atoms with Crippen LogP contribution in [0.5, 0.6) is 0 Å². The maximum Gasteiger partial charge on any atom is 0.236 e. The number of hydrogen-bond donors (Lipinski definition) is 2. The van der Waals surface area contributed by atoms with E-state index in [2.05, 4.69) is 17.6 Å². The van der Waals surface area contributed by atoms with Crippen molar-refractivity contribution in [1.29, 1.82) is 0 Å². The van der Waals surface area contributed by atoms with Gasteiger partial charge in [0, 0.05) is 25.7 Å². The maximum atomic E-state index is 11.4. The van der Waals surface area contributed by atoms with Gasteiger partial charge in [-0.3, -0.25) is 4.79 Å². The van der Waals surface area contributed by atoms with Crippen molar-refractivity contribution in [3.05, 3.63) is 0 Å². The minimum atomic E-state index is 0. The van der Waals surface area contributed by atoms with Crippen molar-refractivity contribution in [3.63, 3.8) is 0 Å². The molecule has 0 aromatic carbocycles. The number of carbonyl (C=O) groups is 1. The quantitative estimate of drug-likeness (QED) is 0.639. The van der Waals surface area contributed by atoms with Crippen LogP contribution in [-0.4, -0.2) is 50.1 Å². The summed E-state index contributed by atoms with van der Waals surface area (Å²) in [6.07, 6.45) is 0. The lowest BCUT2D eigenvalue weighted by atomic mass is 10.2. The highest BCUT2D eigenvalue weighted by Gasteiger charge is 2.21. The second-order valence-electron chi connectivity index (χ2n) is 3.17. The lowest BCUT2D eigenvalue weighted by Crippen LogP contribution is -2.54. The minimum Gasteiger partial charge on any atom is -0.336 e. The Morgan fingerprint density at radius 3 is 2.92 bits per heavy atom. The van der Waals surface area contributed by atoms with Gasteiger partial charge >= 0.3 is 0 Å². The van der Waals surface area contributed by atoms with Gasteiger partial charge in [-0.25, -0.2) is 0 Å². The molecule has 0 saturated carbocycles. The molecule has 1 aliphatic heterocycles. The molecule has 78 valence electrons. The van der Waals surface area contributed by atoms with Gasteiger partial charge in [0.05, 0.1) is 6.54 Å². The molecule has 1 amide bonds. The summed E-state index contributed by atoms with van der Waals surface area (Å²) in [7, 11) is 1.80. The van der Waals surface area contributed by atoms with E-state index in [1.807, 2.05) is 4.90 Å². The van der Waals surface area contributed by atoms with Crippen molar-refractivity contribution in [2.75, 3.05) is 33.2 Å². The monoisotopic (exact) mass is 207 g/mol. The zero-order valence-corrected chi connectivity index (χ0v) is 8.99. The Kier molecular flexibility index (Phi) is 6.03. The Balaban J connectivity index is 0.00000144. The molecule has 0 bridgehead atoms. The lowest BCUT2D eigenvalue weighted by molar-refractivity contribution is -0.132. The Hall–Kier alpha value is -0.320. The highest BCUT2D eigenvalue weighted by atomic mass is 35.5. The number of amides is 1. The van der Waals surface area contributed by atoms with Crippen LogP contribution in [0.3, 0.4) is 0 Å². The minimum absolute atomic E-state index is 0. The van der Waals surface area contributed by atoms with E-state index in [1.54, 1.807) is 7.05 Å². The van der Waals surface area contributed by atoms with Gasteiger partial charge < -0.3 is 15.5 Å². The van der Waals surface area contributed by atoms with E-state index >= 15 is 0 Å². The molecule has 1 rings (SSSR count). The molecular weight excluding hydrogens is 190 g/mol. The first-order valence-corrected chi connectivity index (χ1v) is 4.40. The summed E-state index contributed by atoms with van der Waals surface area (Å²) in [6, 6.07) is 0.333. The van der Waals surface area contributed by atoms with Crippen LogP contribution in [-0.2, 0) is 4.79 Å². The Bertz CT molecular complexity index is 165. The van der Waals surface area contributed by atoms with Gasteiger partial charge in [0.2, 0.25) is 5.91 Å². The third-order valence-electron chi connectivity index (χ3n) is 2.15. The van der Waals surface area contributed by atoms with Crippen molar-refractivity contribution in [2.45, 2.75) is 13.0 Å². The number of nitrogens with one attached hydrogen (secondary N) is 2. The average Bonchev–Trinajstić information content (AvgIpc) is 2.05. The second-order valence-corrected chi connectivity index (χ2v) is 3.17. The smallest absolute Gasteiger partial charge is 0.236 e. The molecule has 0 aromatic heterocycles. The number of halogens is 1. The van der Waals surface area contributed by atoms with Gasteiger partial charge in [-0.05, 0) is 14.0 Å². The van der Waals surface area contributed by atoms with Crippen LogP contribution < -0.4 is 10.6 Å².